The molecule has 1 N–H and O–H groups in total. The Balaban J connectivity index is 2.64. The quantitative estimate of drug-likeness (QED) is 0.841. The third kappa shape index (κ3) is 4.00. The smallest absolute Gasteiger partial charge is 0.303 e. The second-order valence-electron chi connectivity index (χ2n) is 4.10. The molecule has 1 aromatic heterocycles. The van der Waals surface area contributed by atoms with Crippen molar-refractivity contribution >= 4 is 17.3 Å². The van der Waals surface area contributed by atoms with Crippen molar-refractivity contribution in [1.82, 2.24) is 4.98 Å². The molecule has 0 unspecified atom stereocenters. The van der Waals surface area contributed by atoms with E-state index in [1.54, 1.807) is 11.3 Å². The number of aromatic nitrogens is 1. The molecule has 0 atom stereocenters. The predicted molar refractivity (Wildman–Crippen MR) is 61.3 cm³/mol. The summed E-state index contributed by atoms with van der Waals surface area (Å²) in [6.45, 7) is 6.33. The second kappa shape index (κ2) is 5.26. The van der Waals surface area contributed by atoms with Gasteiger partial charge < -0.3 is 5.11 Å². The van der Waals surface area contributed by atoms with Gasteiger partial charge in [-0.2, -0.15) is 0 Å². The lowest BCUT2D eigenvalue weighted by atomic mass is 10.1. The SMILES string of the molecule is Cc1sc(CC(C)C)nc1CCC(=O)O. The van der Waals surface area contributed by atoms with Crippen LogP contribution in [0.4, 0.5) is 0 Å². The summed E-state index contributed by atoms with van der Waals surface area (Å²) >= 11 is 1.69. The molecule has 4 heteroatoms. The van der Waals surface area contributed by atoms with Crippen molar-refractivity contribution in [3.05, 3.63) is 15.6 Å². The van der Waals surface area contributed by atoms with Gasteiger partial charge in [0.1, 0.15) is 0 Å². The van der Waals surface area contributed by atoms with E-state index in [1.807, 2.05) is 6.92 Å². The van der Waals surface area contributed by atoms with Crippen molar-refractivity contribution in [2.75, 3.05) is 0 Å². The van der Waals surface area contributed by atoms with Gasteiger partial charge in [-0.05, 0) is 12.8 Å². The summed E-state index contributed by atoms with van der Waals surface area (Å²) in [6.07, 6.45) is 1.71. The van der Waals surface area contributed by atoms with E-state index in [1.165, 1.54) is 0 Å². The Morgan fingerprint density at radius 1 is 1.53 bits per heavy atom. The van der Waals surface area contributed by atoms with E-state index in [0.717, 1.165) is 22.0 Å². The number of carbonyl (C=O) groups is 1. The molecule has 0 aromatic carbocycles. The fraction of sp³-hybridized carbons (Fsp3) is 0.636. The Hall–Kier alpha value is -0.900. The Bertz CT molecular complexity index is 344. The van der Waals surface area contributed by atoms with Crippen LogP contribution in [0.25, 0.3) is 0 Å². The Labute approximate surface area is 94.2 Å². The lowest BCUT2D eigenvalue weighted by Gasteiger charge is -1.98. The van der Waals surface area contributed by atoms with Crippen LogP contribution < -0.4 is 0 Å². The first-order valence-electron chi connectivity index (χ1n) is 5.16. The molecule has 1 rings (SSSR count). The Morgan fingerprint density at radius 2 is 2.20 bits per heavy atom. The fourth-order valence-corrected chi connectivity index (χ4v) is 2.57. The number of hydrogen-bond acceptors (Lipinski definition) is 3. The maximum absolute atomic E-state index is 10.4. The number of nitrogens with zero attached hydrogens (tertiary/aromatic N) is 1. The van der Waals surface area contributed by atoms with Crippen molar-refractivity contribution in [1.29, 1.82) is 0 Å². The monoisotopic (exact) mass is 227 g/mol. The number of rotatable bonds is 5. The summed E-state index contributed by atoms with van der Waals surface area (Å²) in [6, 6.07) is 0. The van der Waals surface area contributed by atoms with Gasteiger partial charge in [0.25, 0.3) is 0 Å². The molecule has 1 aromatic rings. The van der Waals surface area contributed by atoms with Gasteiger partial charge in [0, 0.05) is 17.7 Å². The largest absolute Gasteiger partial charge is 0.481 e. The third-order valence-corrected chi connectivity index (χ3v) is 3.13. The van der Waals surface area contributed by atoms with Crippen LogP contribution >= 0.6 is 11.3 Å². The number of carboxylic acids is 1. The highest BCUT2D eigenvalue weighted by molar-refractivity contribution is 7.11. The molecule has 0 fully saturated rings. The molecule has 15 heavy (non-hydrogen) atoms. The van der Waals surface area contributed by atoms with Gasteiger partial charge in [-0.3, -0.25) is 4.79 Å². The van der Waals surface area contributed by atoms with Crippen LogP contribution in [0.2, 0.25) is 0 Å². The highest BCUT2D eigenvalue weighted by Crippen LogP contribution is 2.21. The van der Waals surface area contributed by atoms with E-state index >= 15 is 0 Å². The van der Waals surface area contributed by atoms with Crippen LogP contribution in [-0.2, 0) is 17.6 Å². The molecule has 0 aliphatic carbocycles. The molecule has 0 amide bonds. The van der Waals surface area contributed by atoms with Crippen LogP contribution in [-0.4, -0.2) is 16.1 Å². The van der Waals surface area contributed by atoms with Crippen LogP contribution in [0.5, 0.6) is 0 Å². The summed E-state index contributed by atoms with van der Waals surface area (Å²) in [5.74, 6) is -0.157. The highest BCUT2D eigenvalue weighted by atomic mass is 32.1. The average Bonchev–Trinajstić information content (AvgIpc) is 2.41. The van der Waals surface area contributed by atoms with Gasteiger partial charge in [0.2, 0.25) is 0 Å². The van der Waals surface area contributed by atoms with E-state index < -0.39 is 5.97 Å². The molecule has 84 valence electrons. The number of carboxylic acid groups (broad SMARTS) is 1. The second-order valence-corrected chi connectivity index (χ2v) is 5.39. The topological polar surface area (TPSA) is 50.2 Å². The lowest BCUT2D eigenvalue weighted by Crippen LogP contribution is -1.99. The first-order valence-corrected chi connectivity index (χ1v) is 5.97. The molecular formula is C11H17NO2S. The first kappa shape index (κ1) is 12.2. The zero-order valence-electron chi connectivity index (χ0n) is 9.41. The van der Waals surface area contributed by atoms with Crippen molar-refractivity contribution in [3.63, 3.8) is 0 Å². The summed E-state index contributed by atoms with van der Waals surface area (Å²) in [5, 5.41) is 9.72. The molecule has 0 spiro atoms. The van der Waals surface area contributed by atoms with Gasteiger partial charge >= 0.3 is 5.97 Å². The van der Waals surface area contributed by atoms with E-state index in [-0.39, 0.29) is 6.42 Å². The molecular weight excluding hydrogens is 210 g/mol. The van der Waals surface area contributed by atoms with E-state index in [4.69, 9.17) is 5.11 Å². The zero-order chi connectivity index (χ0) is 11.4. The summed E-state index contributed by atoms with van der Waals surface area (Å²) in [5.41, 5.74) is 0.957. The van der Waals surface area contributed by atoms with Crippen molar-refractivity contribution < 1.29 is 9.90 Å². The molecule has 0 radical (unpaired) electrons. The number of thiazole rings is 1. The van der Waals surface area contributed by atoms with Crippen LogP contribution in [0, 0.1) is 12.8 Å². The maximum atomic E-state index is 10.4. The molecule has 0 saturated heterocycles. The van der Waals surface area contributed by atoms with Gasteiger partial charge in [0.15, 0.2) is 0 Å². The van der Waals surface area contributed by atoms with E-state index in [9.17, 15) is 4.79 Å². The van der Waals surface area contributed by atoms with E-state index in [0.29, 0.717) is 12.3 Å². The molecule has 0 aliphatic rings. The summed E-state index contributed by atoms with van der Waals surface area (Å²) in [4.78, 5) is 16.1. The third-order valence-electron chi connectivity index (χ3n) is 2.10. The van der Waals surface area contributed by atoms with Crippen molar-refractivity contribution in [2.24, 2.45) is 5.92 Å². The van der Waals surface area contributed by atoms with Gasteiger partial charge in [0.05, 0.1) is 17.1 Å². The Kier molecular flexibility index (Phi) is 4.27. The highest BCUT2D eigenvalue weighted by Gasteiger charge is 2.10. The number of hydrogen-bond donors (Lipinski definition) is 1. The lowest BCUT2D eigenvalue weighted by molar-refractivity contribution is -0.136. The van der Waals surface area contributed by atoms with Gasteiger partial charge in [-0.1, -0.05) is 13.8 Å². The van der Waals surface area contributed by atoms with Crippen LogP contribution in [0.1, 0.15) is 35.8 Å². The van der Waals surface area contributed by atoms with Crippen molar-refractivity contribution in [3.8, 4) is 0 Å². The number of aryl methyl sites for hydroxylation is 2. The van der Waals surface area contributed by atoms with Crippen LogP contribution in [0.15, 0.2) is 0 Å². The standard InChI is InChI=1S/C11H17NO2S/c1-7(2)6-10-12-9(8(3)15-10)4-5-11(13)14/h7H,4-6H2,1-3H3,(H,13,14). The summed E-state index contributed by atoms with van der Waals surface area (Å²) < 4.78 is 0. The minimum Gasteiger partial charge on any atom is -0.481 e. The summed E-state index contributed by atoms with van der Waals surface area (Å²) in [7, 11) is 0. The van der Waals surface area contributed by atoms with Gasteiger partial charge in [-0.15, -0.1) is 11.3 Å². The minimum absolute atomic E-state index is 0.172. The van der Waals surface area contributed by atoms with E-state index in [2.05, 4.69) is 18.8 Å². The van der Waals surface area contributed by atoms with Crippen molar-refractivity contribution in [2.45, 2.75) is 40.0 Å². The number of aliphatic carboxylic acids is 1. The normalized spacial score (nSPS) is 10.9. The minimum atomic E-state index is -0.757. The molecule has 0 saturated carbocycles. The molecule has 0 bridgehead atoms. The molecule has 3 nitrogen and oxygen atoms in total. The maximum Gasteiger partial charge on any atom is 0.303 e. The molecule has 1 heterocycles. The van der Waals surface area contributed by atoms with Gasteiger partial charge in [-0.25, -0.2) is 4.98 Å². The first-order chi connectivity index (χ1) is 6.99. The predicted octanol–water partition coefficient (Wildman–Crippen LogP) is 2.67. The average molecular weight is 227 g/mol. The Morgan fingerprint density at radius 3 is 2.73 bits per heavy atom. The zero-order valence-corrected chi connectivity index (χ0v) is 10.2. The van der Waals surface area contributed by atoms with Crippen LogP contribution in [0.3, 0.4) is 0 Å². The fourth-order valence-electron chi connectivity index (χ4n) is 1.38. The molecule has 0 aliphatic heterocycles.